The second-order valence-electron chi connectivity index (χ2n) is 4.11. The maximum absolute atomic E-state index is 11.5. The summed E-state index contributed by atoms with van der Waals surface area (Å²) in [4.78, 5) is 11.5. The predicted molar refractivity (Wildman–Crippen MR) is 62.0 cm³/mol. The minimum Gasteiger partial charge on any atom is -0.465 e. The number of nitrogens with two attached hydrogens (primary N) is 1. The molecule has 1 atom stereocenters. The van der Waals surface area contributed by atoms with Crippen LogP contribution in [-0.4, -0.2) is 12.6 Å². The molecule has 0 saturated carbocycles. The first-order valence-corrected chi connectivity index (χ1v) is 5.76. The molecule has 3 nitrogen and oxygen atoms in total. The molecule has 86 valence electrons. The van der Waals surface area contributed by atoms with Crippen molar-refractivity contribution in [2.45, 2.75) is 32.2 Å². The van der Waals surface area contributed by atoms with Gasteiger partial charge in [0.15, 0.2) is 0 Å². The summed E-state index contributed by atoms with van der Waals surface area (Å²) in [6, 6.07) is 5.41. The number of carbonyl (C=O) groups excluding carboxylic acids is 1. The molecule has 0 saturated heterocycles. The Hall–Kier alpha value is -1.35. The molecule has 1 unspecified atom stereocenters. The van der Waals surface area contributed by atoms with Gasteiger partial charge in [0.2, 0.25) is 0 Å². The number of fused-ring (bicyclic) bond motifs is 1. The van der Waals surface area contributed by atoms with Crippen LogP contribution in [0.3, 0.4) is 0 Å². The molecule has 0 radical (unpaired) electrons. The van der Waals surface area contributed by atoms with Gasteiger partial charge in [-0.2, -0.15) is 0 Å². The summed E-state index contributed by atoms with van der Waals surface area (Å²) in [5.41, 5.74) is 9.42. The van der Waals surface area contributed by atoms with E-state index < -0.39 is 6.04 Å². The number of benzene rings is 1. The van der Waals surface area contributed by atoms with E-state index in [4.69, 9.17) is 10.5 Å². The van der Waals surface area contributed by atoms with E-state index in [1.807, 2.05) is 12.1 Å². The van der Waals surface area contributed by atoms with Crippen molar-refractivity contribution in [3.8, 4) is 0 Å². The SMILES string of the molecule is CCOC(=O)C(N)c1ccc2c(c1)CCC2. The van der Waals surface area contributed by atoms with Gasteiger partial charge in [0, 0.05) is 0 Å². The first kappa shape index (κ1) is 11.1. The zero-order valence-electron chi connectivity index (χ0n) is 9.53. The first-order valence-electron chi connectivity index (χ1n) is 5.76. The van der Waals surface area contributed by atoms with Crippen molar-refractivity contribution < 1.29 is 9.53 Å². The Morgan fingerprint density at radius 3 is 2.94 bits per heavy atom. The second kappa shape index (κ2) is 4.66. The molecule has 0 amide bonds. The van der Waals surface area contributed by atoms with E-state index in [9.17, 15) is 4.79 Å². The van der Waals surface area contributed by atoms with E-state index in [1.54, 1.807) is 6.92 Å². The van der Waals surface area contributed by atoms with E-state index in [0.29, 0.717) is 6.61 Å². The average molecular weight is 219 g/mol. The van der Waals surface area contributed by atoms with Crippen LogP contribution in [0.5, 0.6) is 0 Å². The number of esters is 1. The Morgan fingerprint density at radius 1 is 1.44 bits per heavy atom. The van der Waals surface area contributed by atoms with E-state index in [1.165, 1.54) is 17.5 Å². The highest BCUT2D eigenvalue weighted by Gasteiger charge is 2.19. The molecule has 3 heteroatoms. The molecule has 0 heterocycles. The standard InChI is InChI=1S/C13H17NO2/c1-2-16-13(15)12(14)11-7-6-9-4-3-5-10(9)8-11/h6-8,12H,2-5,14H2,1H3. The maximum Gasteiger partial charge on any atom is 0.327 e. The van der Waals surface area contributed by atoms with Crippen molar-refractivity contribution in [1.29, 1.82) is 0 Å². The summed E-state index contributed by atoms with van der Waals surface area (Å²) in [6.07, 6.45) is 3.44. The van der Waals surface area contributed by atoms with Crippen LogP contribution in [0.25, 0.3) is 0 Å². The molecular weight excluding hydrogens is 202 g/mol. The van der Waals surface area contributed by atoms with Gasteiger partial charge in [-0.05, 0) is 42.9 Å². The molecule has 2 N–H and O–H groups in total. The third kappa shape index (κ3) is 2.09. The molecule has 0 spiro atoms. The van der Waals surface area contributed by atoms with Crippen LogP contribution in [0.1, 0.15) is 36.1 Å². The van der Waals surface area contributed by atoms with E-state index in [-0.39, 0.29) is 5.97 Å². The zero-order chi connectivity index (χ0) is 11.5. The predicted octanol–water partition coefficient (Wildman–Crippen LogP) is 1.74. The van der Waals surface area contributed by atoms with Crippen LogP contribution in [-0.2, 0) is 22.4 Å². The van der Waals surface area contributed by atoms with Crippen molar-refractivity contribution in [2.75, 3.05) is 6.61 Å². The normalized spacial score (nSPS) is 15.6. The molecule has 2 rings (SSSR count). The van der Waals surface area contributed by atoms with Gasteiger partial charge in [-0.25, -0.2) is 4.79 Å². The van der Waals surface area contributed by atoms with E-state index >= 15 is 0 Å². The number of rotatable bonds is 3. The number of hydrogen-bond acceptors (Lipinski definition) is 3. The lowest BCUT2D eigenvalue weighted by Crippen LogP contribution is -2.23. The van der Waals surface area contributed by atoms with Gasteiger partial charge in [-0.3, -0.25) is 0 Å². The van der Waals surface area contributed by atoms with Crippen LogP contribution >= 0.6 is 0 Å². The van der Waals surface area contributed by atoms with Gasteiger partial charge in [-0.15, -0.1) is 0 Å². The largest absolute Gasteiger partial charge is 0.465 e. The van der Waals surface area contributed by atoms with Crippen LogP contribution in [0, 0.1) is 0 Å². The summed E-state index contributed by atoms with van der Waals surface area (Å²) in [5.74, 6) is -0.347. The lowest BCUT2D eigenvalue weighted by molar-refractivity contribution is -0.144. The monoisotopic (exact) mass is 219 g/mol. The number of aryl methyl sites for hydroxylation is 2. The highest BCUT2D eigenvalue weighted by atomic mass is 16.5. The van der Waals surface area contributed by atoms with Gasteiger partial charge >= 0.3 is 5.97 Å². The zero-order valence-corrected chi connectivity index (χ0v) is 9.53. The molecule has 1 aromatic rings. The number of carbonyl (C=O) groups is 1. The molecule has 0 fully saturated rings. The van der Waals surface area contributed by atoms with Crippen molar-refractivity contribution in [3.05, 3.63) is 34.9 Å². The van der Waals surface area contributed by atoms with E-state index in [0.717, 1.165) is 18.4 Å². The summed E-state index contributed by atoms with van der Waals surface area (Å²) in [5, 5.41) is 0. The highest BCUT2D eigenvalue weighted by molar-refractivity contribution is 5.77. The Bertz CT molecular complexity index is 401. The van der Waals surface area contributed by atoms with Gasteiger partial charge < -0.3 is 10.5 Å². The molecule has 16 heavy (non-hydrogen) atoms. The molecule has 1 aliphatic carbocycles. The van der Waals surface area contributed by atoms with Crippen molar-refractivity contribution in [3.63, 3.8) is 0 Å². The topological polar surface area (TPSA) is 52.3 Å². The smallest absolute Gasteiger partial charge is 0.327 e. The van der Waals surface area contributed by atoms with Crippen LogP contribution in [0.4, 0.5) is 0 Å². The Balaban J connectivity index is 2.18. The minimum atomic E-state index is -0.647. The lowest BCUT2D eigenvalue weighted by atomic mass is 10.0. The summed E-state index contributed by atoms with van der Waals surface area (Å²) < 4.78 is 4.91. The first-order chi connectivity index (χ1) is 7.72. The summed E-state index contributed by atoms with van der Waals surface area (Å²) in [7, 11) is 0. The van der Waals surface area contributed by atoms with Gasteiger partial charge in [0.05, 0.1) is 6.61 Å². The fourth-order valence-electron chi connectivity index (χ4n) is 2.15. The Labute approximate surface area is 95.6 Å². The summed E-state index contributed by atoms with van der Waals surface area (Å²) >= 11 is 0. The van der Waals surface area contributed by atoms with Crippen LogP contribution in [0.15, 0.2) is 18.2 Å². The third-order valence-corrected chi connectivity index (χ3v) is 3.02. The van der Waals surface area contributed by atoms with Crippen molar-refractivity contribution in [1.82, 2.24) is 0 Å². The van der Waals surface area contributed by atoms with Crippen molar-refractivity contribution >= 4 is 5.97 Å². The van der Waals surface area contributed by atoms with Crippen LogP contribution < -0.4 is 5.73 Å². The quantitative estimate of drug-likeness (QED) is 0.788. The molecule has 1 aliphatic rings. The number of hydrogen-bond donors (Lipinski definition) is 1. The summed E-state index contributed by atoms with van der Waals surface area (Å²) in [6.45, 7) is 2.16. The highest BCUT2D eigenvalue weighted by Crippen LogP contribution is 2.25. The molecule has 0 bridgehead atoms. The molecule has 1 aromatic carbocycles. The van der Waals surface area contributed by atoms with Crippen molar-refractivity contribution in [2.24, 2.45) is 5.73 Å². The minimum absolute atomic E-state index is 0.347. The van der Waals surface area contributed by atoms with Gasteiger partial charge in [0.25, 0.3) is 0 Å². The Kier molecular flexibility index (Phi) is 3.25. The number of ether oxygens (including phenoxy) is 1. The third-order valence-electron chi connectivity index (χ3n) is 3.02. The van der Waals surface area contributed by atoms with E-state index in [2.05, 4.69) is 6.07 Å². The fourth-order valence-corrected chi connectivity index (χ4v) is 2.15. The lowest BCUT2D eigenvalue weighted by Gasteiger charge is -2.12. The average Bonchev–Trinajstić information content (AvgIpc) is 2.75. The Morgan fingerprint density at radius 2 is 2.19 bits per heavy atom. The molecule has 0 aliphatic heterocycles. The molecule has 0 aromatic heterocycles. The fraction of sp³-hybridized carbons (Fsp3) is 0.462. The van der Waals surface area contributed by atoms with Gasteiger partial charge in [-0.1, -0.05) is 18.2 Å². The maximum atomic E-state index is 11.5. The second-order valence-corrected chi connectivity index (χ2v) is 4.11. The van der Waals surface area contributed by atoms with Crippen LogP contribution in [0.2, 0.25) is 0 Å². The molecular formula is C13H17NO2. The van der Waals surface area contributed by atoms with Gasteiger partial charge in [0.1, 0.15) is 6.04 Å².